The molecule has 2 aliphatic carbocycles. The maximum Gasteiger partial charge on any atom is 0.410 e. The molecular weight excluding hydrogens is 722 g/mol. The molecule has 54 heavy (non-hydrogen) atoms. The zero-order valence-electron chi connectivity index (χ0n) is 31.9. The fraction of sp³-hybridized carbons (Fsp3) is 0.641. The first kappa shape index (κ1) is 41.0. The lowest BCUT2D eigenvalue weighted by atomic mass is 9.90. The van der Waals surface area contributed by atoms with Crippen molar-refractivity contribution in [2.75, 3.05) is 6.54 Å². The van der Waals surface area contributed by atoms with Crippen molar-refractivity contribution < 1.29 is 51.0 Å². The normalized spacial score (nSPS) is 24.4. The number of ketones is 2. The summed E-state index contributed by atoms with van der Waals surface area (Å²) in [5.74, 6) is -4.52. The van der Waals surface area contributed by atoms with Crippen LogP contribution in [-0.2, 0) is 56.6 Å². The van der Waals surface area contributed by atoms with Gasteiger partial charge in [0.25, 0.3) is 0 Å². The molecule has 3 fully saturated rings. The predicted molar refractivity (Wildman–Crippen MR) is 194 cm³/mol. The van der Waals surface area contributed by atoms with Gasteiger partial charge in [-0.1, -0.05) is 31.6 Å². The minimum absolute atomic E-state index is 0.0179. The Kier molecular flexibility index (Phi) is 12.1. The van der Waals surface area contributed by atoms with Gasteiger partial charge in [-0.05, 0) is 83.4 Å². The van der Waals surface area contributed by atoms with E-state index in [1.807, 2.05) is 6.92 Å². The van der Waals surface area contributed by atoms with Gasteiger partial charge in [0.2, 0.25) is 21.8 Å². The van der Waals surface area contributed by atoms with Gasteiger partial charge in [0, 0.05) is 37.3 Å². The number of allylic oxidation sites excluding steroid dienone is 2. The highest BCUT2D eigenvalue weighted by molar-refractivity contribution is 7.90. The molecule has 296 valence electrons. The first-order valence-corrected chi connectivity index (χ1v) is 20.3. The molecule has 0 unspecified atom stereocenters. The van der Waals surface area contributed by atoms with Crippen LogP contribution in [0.5, 0.6) is 0 Å². The van der Waals surface area contributed by atoms with Crippen LogP contribution in [0.3, 0.4) is 0 Å². The number of ether oxygens (including phenoxy) is 2. The average molecular weight is 774 g/mol. The molecule has 1 aromatic carbocycles. The lowest BCUT2D eigenvalue weighted by Gasteiger charge is -2.29. The SMILES string of the molecule is C/C=C(\C)C(=O)CC[C@H](CC(=O)OC(C)(C)C)C(=O)N1C[C@H](OC(=O)N2Cc3cccc(F)c3C2)C[C@H]1C(=O)C[C@]1(C(=O)NS(=O)(=O)C2CC2)C[C@H]1CC. The van der Waals surface area contributed by atoms with Crippen molar-refractivity contribution in [3.05, 3.63) is 46.8 Å². The molecule has 3 amide bonds. The number of hydrogen-bond donors (Lipinski definition) is 1. The first-order chi connectivity index (χ1) is 25.3. The van der Waals surface area contributed by atoms with Crippen LogP contribution in [0.1, 0.15) is 110 Å². The summed E-state index contributed by atoms with van der Waals surface area (Å²) in [7, 11) is -3.89. The molecule has 5 atom stereocenters. The number of rotatable bonds is 15. The Morgan fingerprint density at radius 2 is 1.81 bits per heavy atom. The average Bonchev–Trinajstić information content (AvgIpc) is 3.99. The Morgan fingerprint density at radius 1 is 1.11 bits per heavy atom. The summed E-state index contributed by atoms with van der Waals surface area (Å²) in [6, 6.07) is 3.40. The van der Waals surface area contributed by atoms with Gasteiger partial charge in [-0.2, -0.15) is 0 Å². The van der Waals surface area contributed by atoms with Crippen molar-refractivity contribution >= 4 is 45.5 Å². The second kappa shape index (κ2) is 15.9. The molecule has 2 aliphatic heterocycles. The zero-order chi connectivity index (χ0) is 39.7. The smallest absolute Gasteiger partial charge is 0.410 e. The number of fused-ring (bicyclic) bond motifs is 1. The zero-order valence-corrected chi connectivity index (χ0v) is 32.8. The summed E-state index contributed by atoms with van der Waals surface area (Å²) in [6.45, 7) is 10.2. The van der Waals surface area contributed by atoms with Crippen molar-refractivity contribution in [1.82, 2.24) is 14.5 Å². The number of carbonyl (C=O) groups is 6. The highest BCUT2D eigenvalue weighted by Gasteiger charge is 2.61. The lowest BCUT2D eigenvalue weighted by Crippen LogP contribution is -2.46. The first-order valence-electron chi connectivity index (χ1n) is 18.8. The number of likely N-dealkylation sites (tertiary alicyclic amines) is 1. The van der Waals surface area contributed by atoms with Crippen molar-refractivity contribution in [3.63, 3.8) is 0 Å². The molecule has 15 heteroatoms. The molecule has 1 aromatic rings. The van der Waals surface area contributed by atoms with Crippen LogP contribution in [-0.4, -0.2) is 83.2 Å². The van der Waals surface area contributed by atoms with Gasteiger partial charge >= 0.3 is 12.1 Å². The van der Waals surface area contributed by atoms with E-state index in [9.17, 15) is 41.6 Å². The Balaban J connectivity index is 1.39. The van der Waals surface area contributed by atoms with Crippen molar-refractivity contribution in [2.45, 2.75) is 135 Å². The molecule has 13 nitrogen and oxygen atoms in total. The van der Waals surface area contributed by atoms with Gasteiger partial charge in [0.1, 0.15) is 17.5 Å². The second-order valence-corrected chi connectivity index (χ2v) is 18.1. The maximum atomic E-state index is 14.5. The molecule has 1 N–H and O–H groups in total. The predicted octanol–water partition coefficient (Wildman–Crippen LogP) is 4.89. The largest absolute Gasteiger partial charge is 0.460 e. The number of Topliss-reactive ketones (excluding diaryl/α,β-unsaturated/α-hetero) is 2. The number of carbonyl (C=O) groups excluding carboxylic acids is 6. The fourth-order valence-corrected chi connectivity index (χ4v) is 8.95. The van der Waals surface area contributed by atoms with Gasteiger partial charge < -0.3 is 14.4 Å². The quantitative estimate of drug-likeness (QED) is 0.191. The van der Waals surface area contributed by atoms with Crippen molar-refractivity contribution in [2.24, 2.45) is 17.3 Å². The molecule has 4 aliphatic rings. The van der Waals surface area contributed by atoms with Crippen molar-refractivity contribution in [1.29, 1.82) is 0 Å². The Morgan fingerprint density at radius 3 is 2.41 bits per heavy atom. The Bertz CT molecular complexity index is 1830. The molecule has 0 radical (unpaired) electrons. The molecule has 5 rings (SSSR count). The van der Waals surface area contributed by atoms with Crippen molar-refractivity contribution in [3.8, 4) is 0 Å². The molecule has 0 bridgehead atoms. The molecule has 2 heterocycles. The number of amides is 3. The van der Waals surface area contributed by atoms with E-state index in [2.05, 4.69) is 4.72 Å². The maximum absolute atomic E-state index is 14.5. The number of nitrogens with zero attached hydrogens (tertiary/aromatic N) is 2. The van der Waals surface area contributed by atoms with Crippen LogP contribution in [0.4, 0.5) is 9.18 Å². The van der Waals surface area contributed by atoms with Crippen LogP contribution in [0, 0.1) is 23.1 Å². The summed E-state index contributed by atoms with van der Waals surface area (Å²) >= 11 is 0. The number of nitrogens with one attached hydrogen (secondary N) is 1. The molecule has 1 saturated heterocycles. The van der Waals surface area contributed by atoms with E-state index in [4.69, 9.17) is 9.47 Å². The minimum atomic E-state index is -3.89. The summed E-state index contributed by atoms with van der Waals surface area (Å²) in [5.41, 5.74) is -0.632. The minimum Gasteiger partial charge on any atom is -0.460 e. The van der Waals surface area contributed by atoms with E-state index in [0.717, 1.165) is 0 Å². The van der Waals surface area contributed by atoms with Crippen LogP contribution in [0.2, 0.25) is 0 Å². The van der Waals surface area contributed by atoms with Gasteiger partial charge in [-0.3, -0.25) is 33.6 Å². The standard InChI is InChI=1S/C39H52FN3O10S/c1-7-23(3)32(44)15-12-24(16-34(46)53-38(4,5)6)35(47)43-21-27(52-37(49)42-20-25-10-9-11-30(40)29(25)22-42)17-31(43)33(45)19-39(18-26(39)8-2)36(48)41-54(50,51)28-13-14-28/h7,9-11,24,26-28,31H,8,12-22H2,1-6H3,(H,41,48)/b23-7+/t24-,26-,27-,31+,39-/m1/s1. The van der Waals surface area contributed by atoms with Crippen LogP contribution in [0.15, 0.2) is 29.8 Å². The third-order valence-electron chi connectivity index (χ3n) is 11.0. The second-order valence-electron chi connectivity index (χ2n) is 16.2. The van der Waals surface area contributed by atoms with E-state index in [-0.39, 0.29) is 63.4 Å². The van der Waals surface area contributed by atoms with E-state index < -0.39 is 79.8 Å². The number of halogens is 1. The fourth-order valence-electron chi connectivity index (χ4n) is 7.57. The molecule has 0 spiro atoms. The summed E-state index contributed by atoms with van der Waals surface area (Å²) in [6.07, 6.45) is 0.726. The molecule has 0 aromatic heterocycles. The van der Waals surface area contributed by atoms with Gasteiger partial charge in [-0.25, -0.2) is 17.6 Å². The van der Waals surface area contributed by atoms with Crippen LogP contribution in [0.25, 0.3) is 0 Å². The monoisotopic (exact) mass is 773 g/mol. The summed E-state index contributed by atoms with van der Waals surface area (Å²) < 4.78 is 53.4. The highest BCUT2D eigenvalue weighted by Crippen LogP contribution is 2.58. The number of esters is 1. The van der Waals surface area contributed by atoms with E-state index in [0.29, 0.717) is 42.4 Å². The van der Waals surface area contributed by atoms with Crippen LogP contribution >= 0.6 is 0 Å². The Hall–Kier alpha value is -4.14. The molecule has 2 saturated carbocycles. The van der Waals surface area contributed by atoms with E-state index in [1.54, 1.807) is 52.8 Å². The number of benzene rings is 1. The topological polar surface area (TPSA) is 174 Å². The van der Waals surface area contributed by atoms with Gasteiger partial charge in [-0.15, -0.1) is 0 Å². The van der Waals surface area contributed by atoms with Gasteiger partial charge in [0.15, 0.2) is 11.6 Å². The summed E-state index contributed by atoms with van der Waals surface area (Å²) in [5, 5.41) is -0.642. The Labute approximate surface area is 316 Å². The molecular formula is C39H52FN3O10S. The summed E-state index contributed by atoms with van der Waals surface area (Å²) in [4.78, 5) is 84.2. The van der Waals surface area contributed by atoms with Gasteiger partial charge in [0.05, 0.1) is 36.2 Å². The third kappa shape index (κ3) is 9.38. The number of sulfonamides is 1. The van der Waals surface area contributed by atoms with Crippen LogP contribution < -0.4 is 4.72 Å². The number of hydrogen-bond acceptors (Lipinski definition) is 10. The third-order valence-corrected chi connectivity index (χ3v) is 12.8. The van der Waals surface area contributed by atoms with E-state index in [1.165, 1.54) is 15.9 Å². The lowest BCUT2D eigenvalue weighted by molar-refractivity contribution is -0.159. The van der Waals surface area contributed by atoms with E-state index >= 15 is 0 Å². The highest BCUT2D eigenvalue weighted by atomic mass is 32.2.